The van der Waals surface area contributed by atoms with Crippen LogP contribution in [0.5, 0.6) is 0 Å². The van der Waals surface area contributed by atoms with Crippen LogP contribution in [0.1, 0.15) is 29.7 Å². The third kappa shape index (κ3) is 4.33. The quantitative estimate of drug-likeness (QED) is 0.446. The highest BCUT2D eigenvalue weighted by molar-refractivity contribution is 6.02. The molecule has 0 bridgehead atoms. The minimum absolute atomic E-state index is 0.389. The Morgan fingerprint density at radius 3 is 2.35 bits per heavy atom. The molecule has 0 fully saturated rings. The SMILES string of the molecule is CC(=O)OC(C(=O)Nc1n[nH]c2cc(-c3ccc(C)c(C)c3)ccc12)c1ccccc1. The molecule has 0 saturated carbocycles. The molecule has 0 aliphatic heterocycles. The van der Waals surface area contributed by atoms with Crippen LogP contribution < -0.4 is 5.32 Å². The van der Waals surface area contributed by atoms with E-state index in [1.807, 2.05) is 24.3 Å². The predicted octanol–water partition coefficient (Wildman–Crippen LogP) is 5.09. The minimum Gasteiger partial charge on any atom is -0.447 e. The number of nitrogens with one attached hydrogen (secondary N) is 2. The Bertz CT molecular complexity index is 1260. The zero-order chi connectivity index (χ0) is 22.0. The molecule has 4 aromatic rings. The number of aromatic nitrogens is 2. The molecule has 0 saturated heterocycles. The van der Waals surface area contributed by atoms with Crippen molar-refractivity contribution >= 4 is 28.6 Å². The molecule has 1 amide bonds. The van der Waals surface area contributed by atoms with Crippen LogP contribution in [0.4, 0.5) is 5.82 Å². The molecular formula is C25H23N3O3. The van der Waals surface area contributed by atoms with Gasteiger partial charge in [-0.3, -0.25) is 14.7 Å². The molecule has 6 heteroatoms. The van der Waals surface area contributed by atoms with Gasteiger partial charge in [-0.25, -0.2) is 0 Å². The molecule has 2 N–H and O–H groups in total. The third-order valence-corrected chi connectivity index (χ3v) is 5.27. The molecule has 1 unspecified atom stereocenters. The number of benzene rings is 3. The fourth-order valence-corrected chi connectivity index (χ4v) is 3.46. The first-order chi connectivity index (χ1) is 14.9. The highest BCUT2D eigenvalue weighted by Crippen LogP contribution is 2.29. The maximum Gasteiger partial charge on any atom is 0.303 e. The van der Waals surface area contributed by atoms with E-state index in [2.05, 4.69) is 47.6 Å². The number of carbonyl (C=O) groups excluding carboxylic acids is 2. The summed E-state index contributed by atoms with van der Waals surface area (Å²) in [7, 11) is 0. The highest BCUT2D eigenvalue weighted by atomic mass is 16.5. The number of H-pyrrole nitrogens is 1. The van der Waals surface area contributed by atoms with Crippen LogP contribution in [0.25, 0.3) is 22.0 Å². The Morgan fingerprint density at radius 2 is 1.65 bits per heavy atom. The molecule has 31 heavy (non-hydrogen) atoms. The first kappa shape index (κ1) is 20.3. The molecule has 0 aliphatic rings. The zero-order valence-electron chi connectivity index (χ0n) is 17.6. The van der Waals surface area contributed by atoms with Gasteiger partial charge in [-0.05, 0) is 48.2 Å². The summed E-state index contributed by atoms with van der Waals surface area (Å²) in [6.07, 6.45) is -1.06. The molecule has 4 rings (SSSR count). The first-order valence-corrected chi connectivity index (χ1v) is 10.0. The number of carbonyl (C=O) groups is 2. The molecule has 6 nitrogen and oxygen atoms in total. The summed E-state index contributed by atoms with van der Waals surface area (Å²) in [6, 6.07) is 21.2. The van der Waals surface area contributed by atoms with E-state index < -0.39 is 18.0 Å². The van der Waals surface area contributed by atoms with Crippen molar-refractivity contribution in [2.24, 2.45) is 0 Å². The van der Waals surface area contributed by atoms with E-state index in [1.165, 1.54) is 18.1 Å². The average Bonchev–Trinajstić information content (AvgIpc) is 3.16. The van der Waals surface area contributed by atoms with Crippen molar-refractivity contribution in [1.82, 2.24) is 10.2 Å². The Balaban J connectivity index is 1.61. The first-order valence-electron chi connectivity index (χ1n) is 10.0. The van der Waals surface area contributed by atoms with Gasteiger partial charge < -0.3 is 10.1 Å². The molecule has 0 radical (unpaired) electrons. The fourth-order valence-electron chi connectivity index (χ4n) is 3.46. The molecule has 0 spiro atoms. The van der Waals surface area contributed by atoms with E-state index in [0.717, 1.165) is 22.0 Å². The van der Waals surface area contributed by atoms with Gasteiger partial charge >= 0.3 is 5.97 Å². The van der Waals surface area contributed by atoms with E-state index in [0.29, 0.717) is 11.4 Å². The molecular weight excluding hydrogens is 390 g/mol. The lowest BCUT2D eigenvalue weighted by Crippen LogP contribution is -2.25. The summed E-state index contributed by atoms with van der Waals surface area (Å²) in [5.41, 5.74) is 6.04. The van der Waals surface area contributed by atoms with Crippen molar-refractivity contribution in [3.63, 3.8) is 0 Å². The molecule has 3 aromatic carbocycles. The van der Waals surface area contributed by atoms with Crippen LogP contribution in [-0.4, -0.2) is 22.1 Å². The van der Waals surface area contributed by atoms with E-state index in [1.54, 1.807) is 24.3 Å². The van der Waals surface area contributed by atoms with Gasteiger partial charge in [0.15, 0.2) is 5.82 Å². The number of nitrogens with zero attached hydrogens (tertiary/aromatic N) is 1. The zero-order valence-corrected chi connectivity index (χ0v) is 17.6. The number of hydrogen-bond acceptors (Lipinski definition) is 4. The van der Waals surface area contributed by atoms with Crippen LogP contribution >= 0.6 is 0 Å². The smallest absolute Gasteiger partial charge is 0.303 e. The van der Waals surface area contributed by atoms with Crippen LogP contribution in [-0.2, 0) is 14.3 Å². The number of anilines is 1. The molecule has 0 aliphatic carbocycles. The standard InChI is InChI=1S/C25H23N3O3/c1-15-9-10-19(13-16(15)2)20-11-12-21-22(14-20)27-28-24(21)26-25(30)23(31-17(3)29)18-7-5-4-6-8-18/h4-14,23H,1-3H3,(H2,26,27,28,30). The number of fused-ring (bicyclic) bond motifs is 1. The van der Waals surface area contributed by atoms with Crippen LogP contribution in [0.3, 0.4) is 0 Å². The van der Waals surface area contributed by atoms with Crippen molar-refractivity contribution in [3.05, 3.63) is 83.4 Å². The Hall–Kier alpha value is -3.93. The van der Waals surface area contributed by atoms with Crippen molar-refractivity contribution in [1.29, 1.82) is 0 Å². The Labute approximate surface area is 180 Å². The van der Waals surface area contributed by atoms with E-state index in [9.17, 15) is 9.59 Å². The molecule has 1 aromatic heterocycles. The van der Waals surface area contributed by atoms with Gasteiger partial charge in [-0.2, -0.15) is 5.10 Å². The van der Waals surface area contributed by atoms with Crippen LogP contribution in [0.2, 0.25) is 0 Å². The number of rotatable bonds is 5. The van der Waals surface area contributed by atoms with Gasteiger partial charge in [0.25, 0.3) is 5.91 Å². The summed E-state index contributed by atoms with van der Waals surface area (Å²) in [6.45, 7) is 5.46. The van der Waals surface area contributed by atoms with Crippen molar-refractivity contribution in [3.8, 4) is 11.1 Å². The maximum absolute atomic E-state index is 12.9. The second-order valence-electron chi connectivity index (χ2n) is 7.52. The summed E-state index contributed by atoms with van der Waals surface area (Å²) >= 11 is 0. The van der Waals surface area contributed by atoms with Crippen molar-refractivity contribution in [2.75, 3.05) is 5.32 Å². The van der Waals surface area contributed by atoms with Gasteiger partial charge in [0, 0.05) is 17.9 Å². The topological polar surface area (TPSA) is 84.1 Å². The van der Waals surface area contributed by atoms with Gasteiger partial charge in [0.05, 0.1) is 5.52 Å². The van der Waals surface area contributed by atoms with Gasteiger partial charge in [0.2, 0.25) is 6.10 Å². The second kappa shape index (κ2) is 8.44. The Kier molecular flexibility index (Phi) is 5.54. The molecule has 156 valence electrons. The normalized spacial score (nSPS) is 11.8. The van der Waals surface area contributed by atoms with Crippen molar-refractivity contribution in [2.45, 2.75) is 26.9 Å². The van der Waals surface area contributed by atoms with Crippen LogP contribution in [0, 0.1) is 13.8 Å². The fraction of sp³-hybridized carbons (Fsp3) is 0.160. The third-order valence-electron chi connectivity index (χ3n) is 5.27. The van der Waals surface area contributed by atoms with Gasteiger partial charge in [-0.1, -0.05) is 54.6 Å². The average molecular weight is 413 g/mol. The lowest BCUT2D eigenvalue weighted by molar-refractivity contribution is -0.152. The number of amides is 1. The number of esters is 1. The van der Waals surface area contributed by atoms with E-state index in [-0.39, 0.29) is 0 Å². The van der Waals surface area contributed by atoms with Gasteiger partial charge in [-0.15, -0.1) is 0 Å². The van der Waals surface area contributed by atoms with E-state index >= 15 is 0 Å². The number of aryl methyl sites for hydroxylation is 2. The summed E-state index contributed by atoms with van der Waals surface area (Å²) < 4.78 is 5.27. The summed E-state index contributed by atoms with van der Waals surface area (Å²) in [5, 5.41) is 10.8. The van der Waals surface area contributed by atoms with Crippen LogP contribution in [0.15, 0.2) is 66.7 Å². The lowest BCUT2D eigenvalue weighted by Gasteiger charge is -2.16. The highest BCUT2D eigenvalue weighted by Gasteiger charge is 2.25. The van der Waals surface area contributed by atoms with Gasteiger partial charge in [0.1, 0.15) is 0 Å². The molecule has 1 atom stereocenters. The molecule has 1 heterocycles. The monoisotopic (exact) mass is 413 g/mol. The summed E-state index contributed by atoms with van der Waals surface area (Å²) in [4.78, 5) is 24.4. The maximum atomic E-state index is 12.9. The number of ether oxygens (including phenoxy) is 1. The summed E-state index contributed by atoms with van der Waals surface area (Å²) in [5.74, 6) is -0.610. The second-order valence-corrected chi connectivity index (χ2v) is 7.52. The predicted molar refractivity (Wildman–Crippen MR) is 121 cm³/mol. The van der Waals surface area contributed by atoms with Crippen molar-refractivity contribution < 1.29 is 14.3 Å². The number of aromatic amines is 1. The minimum atomic E-state index is -1.06. The number of hydrogen-bond donors (Lipinski definition) is 2. The lowest BCUT2D eigenvalue weighted by atomic mass is 10.00. The van der Waals surface area contributed by atoms with E-state index in [4.69, 9.17) is 4.74 Å². The Morgan fingerprint density at radius 1 is 0.935 bits per heavy atom. The largest absolute Gasteiger partial charge is 0.447 e.